The van der Waals surface area contributed by atoms with Crippen LogP contribution in [0.25, 0.3) is 17.1 Å². The number of hydrogen-bond acceptors (Lipinski definition) is 9. The van der Waals surface area contributed by atoms with E-state index >= 15 is 0 Å². The van der Waals surface area contributed by atoms with E-state index in [4.69, 9.17) is 24.2 Å². The maximum atomic E-state index is 10.9. The molecule has 0 aliphatic heterocycles. The third kappa shape index (κ3) is 8.63. The molecule has 0 bridgehead atoms. The summed E-state index contributed by atoms with van der Waals surface area (Å²) in [5, 5.41) is 15.4. The van der Waals surface area contributed by atoms with Crippen LogP contribution < -0.4 is 14.8 Å². The first-order valence-corrected chi connectivity index (χ1v) is 20.1. The molecule has 3 atom stereocenters. The van der Waals surface area contributed by atoms with Gasteiger partial charge in [0.1, 0.15) is 35.1 Å². The Balaban J connectivity index is 1.03. The molecule has 1 aromatic carbocycles. The Kier molecular flexibility index (Phi) is 11.7. The lowest BCUT2D eigenvalue weighted by atomic mass is 9.75. The zero-order valence-corrected chi connectivity index (χ0v) is 33.2. The van der Waals surface area contributed by atoms with Gasteiger partial charge in [-0.1, -0.05) is 26.8 Å². The van der Waals surface area contributed by atoms with Gasteiger partial charge in [0.05, 0.1) is 37.4 Å². The SMILES string of the molecule is C=Cc1nc(CCC2CC(N(CC3CCC3)C[C@H]3C[C@@H](n4ccc5c(NCc6ccc(OC)cc6OC)ncnc54)[C@H](OC(C)(C)O)C3)C2)[nH]c1C(C)C. The van der Waals surface area contributed by atoms with Crippen LogP contribution >= 0.6 is 0 Å². The minimum Gasteiger partial charge on any atom is -0.497 e. The molecule has 0 radical (unpaired) electrons. The molecule has 3 saturated carbocycles. The molecule has 11 nitrogen and oxygen atoms in total. The van der Waals surface area contributed by atoms with Crippen molar-refractivity contribution in [2.45, 2.75) is 122 Å². The van der Waals surface area contributed by atoms with Crippen LogP contribution in [-0.2, 0) is 17.7 Å². The maximum Gasteiger partial charge on any atom is 0.160 e. The fourth-order valence-electron chi connectivity index (χ4n) is 9.02. The third-order valence-electron chi connectivity index (χ3n) is 12.1. The molecular formula is C43H61N7O4. The molecule has 3 aliphatic rings. The fourth-order valence-corrected chi connectivity index (χ4v) is 9.02. The average molecular weight is 740 g/mol. The zero-order valence-electron chi connectivity index (χ0n) is 33.2. The third-order valence-corrected chi connectivity index (χ3v) is 12.1. The average Bonchev–Trinajstić information content (AvgIpc) is 3.84. The van der Waals surface area contributed by atoms with Crippen molar-refractivity contribution in [3.05, 3.63) is 66.1 Å². The van der Waals surface area contributed by atoms with E-state index in [2.05, 4.69) is 57.4 Å². The molecule has 54 heavy (non-hydrogen) atoms. The summed E-state index contributed by atoms with van der Waals surface area (Å²) in [4.78, 5) is 20.7. The smallest absolute Gasteiger partial charge is 0.160 e. The van der Waals surface area contributed by atoms with Crippen LogP contribution in [0.1, 0.15) is 114 Å². The number of rotatable bonds is 18. The summed E-state index contributed by atoms with van der Waals surface area (Å²) in [7, 11) is 3.32. The molecule has 3 aromatic heterocycles. The lowest BCUT2D eigenvalue weighted by Crippen LogP contribution is -2.49. The van der Waals surface area contributed by atoms with Crippen LogP contribution in [-0.4, -0.2) is 79.8 Å². The first kappa shape index (κ1) is 38.3. The number of aromatic nitrogens is 5. The van der Waals surface area contributed by atoms with Crippen LogP contribution in [0.15, 0.2) is 43.4 Å². The Labute approximate surface area is 320 Å². The van der Waals surface area contributed by atoms with Gasteiger partial charge in [-0.3, -0.25) is 4.90 Å². The number of aliphatic hydroxyl groups is 1. The molecular weight excluding hydrogens is 679 g/mol. The summed E-state index contributed by atoms with van der Waals surface area (Å²) in [5.74, 6) is 4.56. The number of aromatic amines is 1. The molecule has 3 N–H and O–H groups in total. The predicted octanol–water partition coefficient (Wildman–Crippen LogP) is 8.13. The molecule has 0 amide bonds. The molecule has 7 rings (SSSR count). The maximum absolute atomic E-state index is 10.9. The number of anilines is 1. The molecule has 3 aliphatic carbocycles. The van der Waals surface area contributed by atoms with Crippen molar-refractivity contribution >= 4 is 22.9 Å². The number of imidazole rings is 1. The standard InChI is InChI=1S/C43H61N7O4/c1-8-35-40(27(2)3)48-39(47-35)15-12-29-18-32(19-29)49(24-28-10-9-11-28)25-30-20-36(38(21-30)54-43(4,5)51)50-17-16-34-41(45-26-46-42(34)50)44-23-31-13-14-33(52-6)22-37(31)53-7/h8,13-14,16-17,22,26-30,32,36,38,51H,1,9-12,15,18-21,23-25H2,2-7H3,(H,47,48)(H,44,45,46)/t29?,30-,32?,36+,38+/m0/s1. The Morgan fingerprint density at radius 2 is 1.85 bits per heavy atom. The van der Waals surface area contributed by atoms with E-state index < -0.39 is 5.79 Å². The second-order valence-corrected chi connectivity index (χ2v) is 16.8. The highest BCUT2D eigenvalue weighted by molar-refractivity contribution is 5.87. The van der Waals surface area contributed by atoms with Crippen LogP contribution in [0.2, 0.25) is 0 Å². The summed E-state index contributed by atoms with van der Waals surface area (Å²) >= 11 is 0. The molecule has 0 unspecified atom stereocenters. The Hall–Kier alpha value is -3.93. The number of benzene rings is 1. The second-order valence-electron chi connectivity index (χ2n) is 16.8. The van der Waals surface area contributed by atoms with Crippen molar-refractivity contribution in [1.29, 1.82) is 0 Å². The summed E-state index contributed by atoms with van der Waals surface area (Å²) < 4.78 is 19.7. The summed E-state index contributed by atoms with van der Waals surface area (Å²) in [6.45, 7) is 14.7. The minimum absolute atomic E-state index is 0.0486. The molecule has 3 fully saturated rings. The van der Waals surface area contributed by atoms with E-state index in [1.54, 1.807) is 34.4 Å². The van der Waals surface area contributed by atoms with Gasteiger partial charge >= 0.3 is 0 Å². The summed E-state index contributed by atoms with van der Waals surface area (Å²) in [5.41, 5.74) is 4.08. The Morgan fingerprint density at radius 3 is 2.52 bits per heavy atom. The van der Waals surface area contributed by atoms with Gasteiger partial charge in [0.25, 0.3) is 0 Å². The van der Waals surface area contributed by atoms with Crippen LogP contribution in [0.5, 0.6) is 11.5 Å². The quantitative estimate of drug-likeness (QED) is 0.0869. The summed E-state index contributed by atoms with van der Waals surface area (Å²) in [6.07, 6.45) is 16.1. The largest absolute Gasteiger partial charge is 0.497 e. The minimum atomic E-state index is -1.23. The van der Waals surface area contributed by atoms with Crippen molar-refractivity contribution < 1.29 is 19.3 Å². The van der Waals surface area contributed by atoms with Crippen LogP contribution in [0.4, 0.5) is 5.82 Å². The van der Waals surface area contributed by atoms with Crippen LogP contribution in [0, 0.1) is 17.8 Å². The Morgan fingerprint density at radius 1 is 1.06 bits per heavy atom. The first-order valence-electron chi connectivity index (χ1n) is 20.1. The second kappa shape index (κ2) is 16.4. The number of hydrogen-bond donors (Lipinski definition) is 3. The normalized spacial score (nSPS) is 23.2. The van der Waals surface area contributed by atoms with Gasteiger partial charge in [-0.25, -0.2) is 15.0 Å². The number of fused-ring (bicyclic) bond motifs is 1. The summed E-state index contributed by atoms with van der Waals surface area (Å²) in [6, 6.07) is 8.61. The molecule has 3 heterocycles. The molecule has 292 valence electrons. The topological polar surface area (TPSA) is 123 Å². The van der Waals surface area contributed by atoms with Gasteiger partial charge in [-0.15, -0.1) is 0 Å². The number of ether oxygens (including phenoxy) is 3. The number of aryl methyl sites for hydroxylation is 1. The van der Waals surface area contributed by atoms with E-state index in [0.717, 1.165) is 83.1 Å². The number of nitrogens with one attached hydrogen (secondary N) is 2. The highest BCUT2D eigenvalue weighted by Crippen LogP contribution is 2.44. The zero-order chi connectivity index (χ0) is 38.0. The fraction of sp³-hybridized carbons (Fsp3) is 0.605. The van der Waals surface area contributed by atoms with E-state index in [1.165, 1.54) is 50.8 Å². The highest BCUT2D eigenvalue weighted by Gasteiger charge is 2.42. The lowest BCUT2D eigenvalue weighted by Gasteiger charge is -2.46. The first-order chi connectivity index (χ1) is 26.0. The number of nitrogens with zero attached hydrogens (tertiary/aromatic N) is 5. The van der Waals surface area contributed by atoms with Crippen molar-refractivity contribution in [2.75, 3.05) is 32.6 Å². The molecule has 4 aromatic rings. The van der Waals surface area contributed by atoms with Gasteiger partial charge in [0, 0.05) is 55.6 Å². The monoisotopic (exact) mass is 739 g/mol. The molecule has 0 saturated heterocycles. The van der Waals surface area contributed by atoms with E-state index in [-0.39, 0.29) is 12.1 Å². The highest BCUT2D eigenvalue weighted by atomic mass is 16.6. The molecule has 0 spiro atoms. The van der Waals surface area contributed by atoms with Gasteiger partial charge < -0.3 is 34.2 Å². The van der Waals surface area contributed by atoms with Crippen molar-refractivity contribution in [3.63, 3.8) is 0 Å². The Bertz CT molecular complexity index is 1870. The van der Waals surface area contributed by atoms with Gasteiger partial charge in [-0.2, -0.15) is 0 Å². The molecule has 11 heteroatoms. The van der Waals surface area contributed by atoms with Gasteiger partial charge in [0.15, 0.2) is 5.79 Å². The van der Waals surface area contributed by atoms with E-state index in [0.29, 0.717) is 24.4 Å². The van der Waals surface area contributed by atoms with Gasteiger partial charge in [0.2, 0.25) is 0 Å². The van der Waals surface area contributed by atoms with Crippen LogP contribution in [0.3, 0.4) is 0 Å². The van der Waals surface area contributed by atoms with Crippen molar-refractivity contribution in [1.82, 2.24) is 29.4 Å². The lowest BCUT2D eigenvalue weighted by molar-refractivity contribution is -0.211. The van der Waals surface area contributed by atoms with Crippen molar-refractivity contribution in [2.24, 2.45) is 17.8 Å². The van der Waals surface area contributed by atoms with Crippen molar-refractivity contribution in [3.8, 4) is 11.5 Å². The number of methoxy groups -OCH3 is 2. The van der Waals surface area contributed by atoms with E-state index in [9.17, 15) is 5.11 Å². The number of H-pyrrole nitrogens is 1. The predicted molar refractivity (Wildman–Crippen MR) is 214 cm³/mol. The van der Waals surface area contributed by atoms with E-state index in [1.807, 2.05) is 24.3 Å². The van der Waals surface area contributed by atoms with Gasteiger partial charge in [-0.05, 0) is 107 Å².